The van der Waals surface area contributed by atoms with Gasteiger partial charge in [-0.2, -0.15) is 0 Å². The lowest BCUT2D eigenvalue weighted by Gasteiger charge is -2.57. The molecule has 0 saturated heterocycles. The molecule has 7 aromatic carbocycles. The number of hydrogen-bond donors (Lipinski definition) is 0. The van der Waals surface area contributed by atoms with E-state index in [0.29, 0.717) is 5.41 Å². The highest BCUT2D eigenvalue weighted by atomic mass is 16.6. The quantitative estimate of drug-likeness (QED) is 0.164. The first-order chi connectivity index (χ1) is 35.3. The Morgan fingerprint density at radius 2 is 1.15 bits per heavy atom. The van der Waals surface area contributed by atoms with Crippen molar-refractivity contribution >= 4 is 56.6 Å². The Bertz CT molecular complexity index is 3610. The van der Waals surface area contributed by atoms with Crippen LogP contribution in [0.5, 0.6) is 23.0 Å². The first-order valence-electron chi connectivity index (χ1n) is 28.3. The fraction of sp³-hybridized carbons (Fsp3) is 0.382. The number of aromatic nitrogens is 1. The van der Waals surface area contributed by atoms with Gasteiger partial charge in [0.05, 0.1) is 5.69 Å². The van der Waals surface area contributed by atoms with Crippen LogP contribution in [0.25, 0.3) is 44.1 Å². The molecule has 364 valence electrons. The number of hydrogen-bond acceptors (Lipinski definition) is 3. The molecule has 0 amide bonds. The van der Waals surface area contributed by atoms with E-state index in [-0.39, 0.29) is 17.7 Å². The van der Waals surface area contributed by atoms with E-state index in [9.17, 15) is 0 Å². The first-order valence-corrected chi connectivity index (χ1v) is 28.3. The molecule has 1 aromatic heterocycles. The molecule has 0 radical (unpaired) electrons. The SMILES string of the molecule is Cc1cc2c3c(c1)N(c1ccc(C(C)(C)C)cc1-c1ccccc1)c1cc4c(cc1B3n1c3ccc(C56CC7CC(CC(C7)C5)C6)cc3c3cc(C56CC(C)CC(CC(C)C5)C6)cc-2c31)Oc1ccccc1O4. The molecule has 73 heavy (non-hydrogen) atoms. The molecule has 8 aromatic rings. The lowest BCUT2D eigenvalue weighted by atomic mass is 9.45. The van der Waals surface area contributed by atoms with Gasteiger partial charge in [-0.3, -0.25) is 0 Å². The number of anilines is 3. The van der Waals surface area contributed by atoms with Gasteiger partial charge in [-0.25, -0.2) is 0 Å². The molecule has 6 bridgehead atoms. The van der Waals surface area contributed by atoms with E-state index in [4.69, 9.17) is 9.47 Å². The van der Waals surface area contributed by atoms with E-state index in [1.54, 1.807) is 11.1 Å². The molecule has 4 heterocycles. The zero-order chi connectivity index (χ0) is 48.9. The standard InChI is InChI=1S/C68H67BN2O2/c1-39-22-52-54-30-49(67-33-40(2)20-42(35-67)21-41(3)34-67)29-53-51-28-48(68-36-43-24-44(37-68)26-45(25-43)38-68)17-19-57(51)71(65(53)54)69-55-31-62-63(73-61-15-11-10-14-60(61)72-62)32-58(55)70(59(23-39)64(52)69)56-18-16-47(66(4,5)6)27-50(56)46-12-8-7-9-13-46/h7-19,22-23,27-32,40-45H,20-21,24-26,33-38H2,1-6H3. The summed E-state index contributed by atoms with van der Waals surface area (Å²) >= 11 is 0. The number of ether oxygens (including phenoxy) is 2. The van der Waals surface area contributed by atoms with Gasteiger partial charge in [0, 0.05) is 50.4 Å². The van der Waals surface area contributed by atoms with Crippen LogP contribution in [0.15, 0.2) is 127 Å². The Morgan fingerprint density at radius 3 is 1.84 bits per heavy atom. The van der Waals surface area contributed by atoms with Gasteiger partial charge in [-0.1, -0.05) is 95.3 Å². The molecule has 4 nitrogen and oxygen atoms in total. The van der Waals surface area contributed by atoms with Crippen molar-refractivity contribution in [2.75, 3.05) is 4.90 Å². The van der Waals surface area contributed by atoms with E-state index in [1.165, 1.54) is 148 Å². The molecule has 2 atom stereocenters. The van der Waals surface area contributed by atoms with Crippen molar-refractivity contribution in [1.29, 1.82) is 0 Å². The van der Waals surface area contributed by atoms with Gasteiger partial charge < -0.3 is 18.9 Å². The summed E-state index contributed by atoms with van der Waals surface area (Å²) in [6.07, 6.45) is 15.2. The van der Waals surface area contributed by atoms with Crippen LogP contribution in [-0.2, 0) is 16.2 Å². The topological polar surface area (TPSA) is 26.6 Å². The van der Waals surface area contributed by atoms with Crippen molar-refractivity contribution in [2.24, 2.45) is 35.5 Å². The third-order valence-corrected chi connectivity index (χ3v) is 20.3. The van der Waals surface area contributed by atoms with Gasteiger partial charge >= 0.3 is 6.85 Å². The van der Waals surface area contributed by atoms with E-state index in [2.05, 4.69) is 154 Å². The number of fused-ring (bicyclic) bond motifs is 11. The van der Waals surface area contributed by atoms with E-state index in [1.807, 2.05) is 24.3 Å². The molecule has 9 aliphatic rings. The number of para-hydroxylation sites is 2. The summed E-state index contributed by atoms with van der Waals surface area (Å²) in [7, 11) is 0. The number of aryl methyl sites for hydroxylation is 1. The summed E-state index contributed by atoms with van der Waals surface area (Å²) in [6, 6.07) is 49.6. The average Bonchev–Trinajstić information content (AvgIpc) is 3.70. The van der Waals surface area contributed by atoms with Crippen LogP contribution in [0.3, 0.4) is 0 Å². The van der Waals surface area contributed by atoms with Crippen LogP contribution in [0, 0.1) is 42.4 Å². The maximum Gasteiger partial charge on any atom is 0.333 e. The molecule has 0 N–H and O–H groups in total. The van der Waals surface area contributed by atoms with Crippen LogP contribution >= 0.6 is 0 Å². The van der Waals surface area contributed by atoms with Crippen molar-refractivity contribution in [3.05, 3.63) is 150 Å². The molecular weight excluding hydrogens is 888 g/mol. The lowest BCUT2D eigenvalue weighted by Crippen LogP contribution is -2.56. The second kappa shape index (κ2) is 15.0. The average molecular weight is 955 g/mol. The molecule has 17 rings (SSSR count). The Labute approximate surface area is 432 Å². The van der Waals surface area contributed by atoms with Crippen molar-refractivity contribution in [2.45, 2.75) is 128 Å². The predicted octanol–water partition coefficient (Wildman–Crippen LogP) is 17.0. The molecule has 6 fully saturated rings. The Balaban J connectivity index is 1.00. The second-order valence-corrected chi connectivity index (χ2v) is 26.5. The third kappa shape index (κ3) is 6.26. The maximum absolute atomic E-state index is 6.91. The predicted molar refractivity (Wildman–Crippen MR) is 302 cm³/mol. The van der Waals surface area contributed by atoms with Crippen LogP contribution in [0.4, 0.5) is 17.1 Å². The third-order valence-electron chi connectivity index (χ3n) is 20.3. The minimum Gasteiger partial charge on any atom is -0.450 e. The minimum atomic E-state index is -0.104. The molecule has 3 aliphatic heterocycles. The molecule has 0 spiro atoms. The Kier molecular flexibility index (Phi) is 8.87. The fourth-order valence-corrected chi connectivity index (χ4v) is 18.1. The normalized spacial score (nSPS) is 27.8. The zero-order valence-electron chi connectivity index (χ0n) is 43.7. The number of nitrogens with zero attached hydrogens (tertiary/aromatic N) is 2. The van der Waals surface area contributed by atoms with Crippen molar-refractivity contribution in [1.82, 2.24) is 4.48 Å². The molecule has 5 heteroatoms. The Hall–Kier alpha value is -6.20. The molecular formula is C68H67BN2O2. The first kappa shape index (κ1) is 43.2. The van der Waals surface area contributed by atoms with Crippen LogP contribution in [-0.4, -0.2) is 11.3 Å². The summed E-state index contributed by atoms with van der Waals surface area (Å²) in [6.45, 7) is 14.3. The van der Waals surface area contributed by atoms with E-state index < -0.39 is 0 Å². The summed E-state index contributed by atoms with van der Waals surface area (Å²) < 4.78 is 16.6. The second-order valence-electron chi connectivity index (χ2n) is 26.5. The van der Waals surface area contributed by atoms with Crippen LogP contribution in [0.2, 0.25) is 0 Å². The minimum absolute atomic E-state index is 0.0310. The Morgan fingerprint density at radius 1 is 0.521 bits per heavy atom. The largest absolute Gasteiger partial charge is 0.450 e. The number of rotatable bonds is 4. The van der Waals surface area contributed by atoms with Crippen LogP contribution < -0.4 is 25.3 Å². The van der Waals surface area contributed by atoms with Crippen molar-refractivity contribution in [3.63, 3.8) is 0 Å². The summed E-state index contributed by atoms with van der Waals surface area (Å²) in [5.74, 6) is 7.97. The van der Waals surface area contributed by atoms with Gasteiger partial charge in [-0.15, -0.1) is 0 Å². The summed E-state index contributed by atoms with van der Waals surface area (Å²) in [4.78, 5) is 2.61. The highest BCUT2D eigenvalue weighted by Crippen LogP contribution is 2.62. The van der Waals surface area contributed by atoms with Gasteiger partial charge in [0.2, 0.25) is 0 Å². The lowest BCUT2D eigenvalue weighted by molar-refractivity contribution is -0.00512. The van der Waals surface area contributed by atoms with Gasteiger partial charge in [0.1, 0.15) is 0 Å². The van der Waals surface area contributed by atoms with Gasteiger partial charge in [-0.05, 0) is 234 Å². The highest BCUT2D eigenvalue weighted by molar-refractivity contribution is 6.90. The molecule has 2 unspecified atom stereocenters. The van der Waals surface area contributed by atoms with Crippen molar-refractivity contribution < 1.29 is 9.47 Å². The van der Waals surface area contributed by atoms with Crippen molar-refractivity contribution in [3.8, 4) is 45.3 Å². The van der Waals surface area contributed by atoms with E-state index >= 15 is 0 Å². The zero-order valence-corrected chi connectivity index (χ0v) is 43.7. The van der Waals surface area contributed by atoms with Gasteiger partial charge in [0.15, 0.2) is 23.0 Å². The number of benzene rings is 7. The van der Waals surface area contributed by atoms with Gasteiger partial charge in [0.25, 0.3) is 0 Å². The van der Waals surface area contributed by atoms with E-state index in [0.717, 1.165) is 64.2 Å². The monoisotopic (exact) mass is 955 g/mol. The fourth-order valence-electron chi connectivity index (χ4n) is 18.1. The van der Waals surface area contributed by atoms with Crippen LogP contribution in [0.1, 0.15) is 128 Å². The molecule has 6 saturated carbocycles. The molecule has 6 aliphatic carbocycles. The smallest absolute Gasteiger partial charge is 0.333 e. The summed E-state index contributed by atoms with van der Waals surface area (Å²) in [5, 5.41) is 2.92. The summed E-state index contributed by atoms with van der Waals surface area (Å²) in [5.41, 5.74) is 20.4. The maximum atomic E-state index is 6.91. The highest BCUT2D eigenvalue weighted by Gasteiger charge is 2.53.